The molecule has 0 amide bonds. The number of aryl methyl sites for hydroxylation is 1. The van der Waals surface area contributed by atoms with Crippen LogP contribution in [0.25, 0.3) is 0 Å². The van der Waals surface area contributed by atoms with Crippen molar-refractivity contribution in [3.63, 3.8) is 0 Å². The summed E-state index contributed by atoms with van der Waals surface area (Å²) in [6.45, 7) is 0.535. The summed E-state index contributed by atoms with van der Waals surface area (Å²) < 4.78 is 26.3. The fourth-order valence-electron chi connectivity index (χ4n) is 2.55. The zero-order chi connectivity index (χ0) is 12.4. The Kier molecular flexibility index (Phi) is 3.83. The maximum atomic E-state index is 13.2. The predicted molar refractivity (Wildman–Crippen MR) is 67.5 cm³/mol. The monoisotopic (exact) mass is 259 g/mol. The summed E-state index contributed by atoms with van der Waals surface area (Å²) in [4.78, 5) is 0. The van der Waals surface area contributed by atoms with Gasteiger partial charge in [-0.2, -0.15) is 11.3 Å². The quantitative estimate of drug-likeness (QED) is 0.873. The van der Waals surface area contributed by atoms with E-state index in [1.165, 1.54) is 5.56 Å². The maximum Gasteiger partial charge on any atom is 0.248 e. The molecule has 2 N–H and O–H groups in total. The van der Waals surface area contributed by atoms with Crippen LogP contribution in [0.2, 0.25) is 0 Å². The number of rotatable bonds is 4. The number of thiophene rings is 1. The molecule has 0 radical (unpaired) electrons. The van der Waals surface area contributed by atoms with Crippen LogP contribution in [0.3, 0.4) is 0 Å². The SMILES string of the molecule is NCC1(CCc2ccsc2)CCC(F)(F)CC1. The molecule has 1 nitrogen and oxygen atoms in total. The molecule has 2 rings (SSSR count). The smallest absolute Gasteiger partial charge is 0.248 e. The van der Waals surface area contributed by atoms with E-state index in [4.69, 9.17) is 5.73 Å². The highest BCUT2D eigenvalue weighted by atomic mass is 32.1. The van der Waals surface area contributed by atoms with Crippen LogP contribution in [0.5, 0.6) is 0 Å². The molecule has 1 aliphatic rings. The Morgan fingerprint density at radius 1 is 1.24 bits per heavy atom. The lowest BCUT2D eigenvalue weighted by Gasteiger charge is -2.39. The summed E-state index contributed by atoms with van der Waals surface area (Å²) in [5.41, 5.74) is 7.08. The van der Waals surface area contributed by atoms with Crippen molar-refractivity contribution in [2.24, 2.45) is 11.1 Å². The molecule has 0 aliphatic heterocycles. The first-order valence-corrected chi connectivity index (χ1v) is 7.09. The highest BCUT2D eigenvalue weighted by molar-refractivity contribution is 7.07. The summed E-state index contributed by atoms with van der Waals surface area (Å²) in [5, 5.41) is 4.18. The minimum Gasteiger partial charge on any atom is -0.330 e. The maximum absolute atomic E-state index is 13.2. The molecule has 1 aliphatic carbocycles. The van der Waals surface area contributed by atoms with E-state index in [-0.39, 0.29) is 18.3 Å². The van der Waals surface area contributed by atoms with Gasteiger partial charge in [0, 0.05) is 12.8 Å². The summed E-state index contributed by atoms with van der Waals surface area (Å²) in [7, 11) is 0. The van der Waals surface area contributed by atoms with E-state index >= 15 is 0 Å². The van der Waals surface area contributed by atoms with Crippen molar-refractivity contribution in [3.8, 4) is 0 Å². The molecular weight excluding hydrogens is 240 g/mol. The van der Waals surface area contributed by atoms with Crippen molar-refractivity contribution in [3.05, 3.63) is 22.4 Å². The highest BCUT2D eigenvalue weighted by Gasteiger charge is 2.42. The van der Waals surface area contributed by atoms with E-state index < -0.39 is 5.92 Å². The first-order valence-electron chi connectivity index (χ1n) is 6.14. The minimum absolute atomic E-state index is 0.00777. The Balaban J connectivity index is 1.92. The van der Waals surface area contributed by atoms with Gasteiger partial charge in [0.1, 0.15) is 0 Å². The summed E-state index contributed by atoms with van der Waals surface area (Å²) in [6.07, 6.45) is 3.06. The topological polar surface area (TPSA) is 26.0 Å². The Hall–Kier alpha value is -0.480. The van der Waals surface area contributed by atoms with Crippen LogP contribution in [-0.4, -0.2) is 12.5 Å². The van der Waals surface area contributed by atoms with E-state index in [1.54, 1.807) is 11.3 Å². The fourth-order valence-corrected chi connectivity index (χ4v) is 3.25. The van der Waals surface area contributed by atoms with Crippen molar-refractivity contribution >= 4 is 11.3 Å². The molecule has 0 atom stereocenters. The standard InChI is InChI=1S/C13H19F2NS/c14-13(15)6-4-12(10-16,5-7-13)3-1-11-2-8-17-9-11/h2,8-9H,1,3-7,10,16H2. The van der Waals surface area contributed by atoms with Crippen LogP contribution in [-0.2, 0) is 6.42 Å². The molecule has 1 aromatic heterocycles. The van der Waals surface area contributed by atoms with Crippen molar-refractivity contribution in [2.45, 2.75) is 44.4 Å². The second-order valence-electron chi connectivity index (χ2n) is 5.19. The molecule has 0 unspecified atom stereocenters. The van der Waals surface area contributed by atoms with Crippen LogP contribution in [0.15, 0.2) is 16.8 Å². The first kappa shape index (κ1) is 13.0. The molecule has 1 aromatic rings. The van der Waals surface area contributed by atoms with Gasteiger partial charge in [-0.15, -0.1) is 0 Å². The lowest BCUT2D eigenvalue weighted by Crippen LogP contribution is -2.39. The molecule has 1 heterocycles. The Bertz CT molecular complexity index is 338. The molecule has 0 bridgehead atoms. The minimum atomic E-state index is -2.46. The third kappa shape index (κ3) is 3.26. The normalized spacial score (nSPS) is 22.5. The van der Waals surface area contributed by atoms with Gasteiger partial charge in [0.05, 0.1) is 0 Å². The van der Waals surface area contributed by atoms with Gasteiger partial charge in [-0.1, -0.05) is 0 Å². The van der Waals surface area contributed by atoms with Crippen LogP contribution in [0, 0.1) is 5.41 Å². The summed E-state index contributed by atoms with van der Waals surface area (Å²) >= 11 is 1.68. The van der Waals surface area contributed by atoms with Gasteiger partial charge in [0.15, 0.2) is 0 Å². The molecule has 1 fully saturated rings. The number of nitrogens with two attached hydrogens (primary N) is 1. The second kappa shape index (κ2) is 5.02. The van der Waals surface area contributed by atoms with Gasteiger partial charge in [0.25, 0.3) is 0 Å². The summed E-state index contributed by atoms with van der Waals surface area (Å²) in [5.74, 6) is -2.46. The zero-order valence-corrected chi connectivity index (χ0v) is 10.7. The Morgan fingerprint density at radius 3 is 2.47 bits per heavy atom. The first-order chi connectivity index (χ1) is 8.05. The van der Waals surface area contributed by atoms with Gasteiger partial charge >= 0.3 is 0 Å². The van der Waals surface area contributed by atoms with Crippen molar-refractivity contribution < 1.29 is 8.78 Å². The van der Waals surface area contributed by atoms with Gasteiger partial charge in [-0.3, -0.25) is 0 Å². The van der Waals surface area contributed by atoms with E-state index in [2.05, 4.69) is 16.8 Å². The average Bonchev–Trinajstić information content (AvgIpc) is 2.82. The van der Waals surface area contributed by atoms with Gasteiger partial charge < -0.3 is 5.73 Å². The third-order valence-corrected chi connectivity index (χ3v) is 4.73. The second-order valence-corrected chi connectivity index (χ2v) is 5.97. The molecule has 0 spiro atoms. The van der Waals surface area contributed by atoms with E-state index in [0.717, 1.165) is 12.8 Å². The summed E-state index contributed by atoms with van der Waals surface area (Å²) in [6, 6.07) is 2.10. The molecule has 1 saturated carbocycles. The largest absolute Gasteiger partial charge is 0.330 e. The zero-order valence-electron chi connectivity index (χ0n) is 9.92. The number of hydrogen-bond acceptors (Lipinski definition) is 2. The van der Waals surface area contributed by atoms with Crippen LogP contribution in [0.4, 0.5) is 8.78 Å². The molecule has 17 heavy (non-hydrogen) atoms. The average molecular weight is 259 g/mol. The van der Waals surface area contributed by atoms with Crippen molar-refractivity contribution in [1.82, 2.24) is 0 Å². The van der Waals surface area contributed by atoms with Gasteiger partial charge in [0.2, 0.25) is 5.92 Å². The van der Waals surface area contributed by atoms with E-state index in [9.17, 15) is 8.78 Å². The lowest BCUT2D eigenvalue weighted by molar-refractivity contribution is -0.0668. The van der Waals surface area contributed by atoms with Crippen molar-refractivity contribution in [1.29, 1.82) is 0 Å². The van der Waals surface area contributed by atoms with E-state index in [1.807, 2.05) is 0 Å². The molecule has 96 valence electrons. The molecule has 4 heteroatoms. The van der Waals surface area contributed by atoms with Crippen molar-refractivity contribution in [2.75, 3.05) is 6.54 Å². The van der Waals surface area contributed by atoms with Crippen LogP contribution < -0.4 is 5.73 Å². The fraction of sp³-hybridized carbons (Fsp3) is 0.692. The highest BCUT2D eigenvalue weighted by Crippen LogP contribution is 2.45. The van der Waals surface area contributed by atoms with Crippen LogP contribution >= 0.6 is 11.3 Å². The Labute approximate surface area is 105 Å². The lowest BCUT2D eigenvalue weighted by atomic mass is 9.70. The van der Waals surface area contributed by atoms with Gasteiger partial charge in [-0.05, 0) is 60.0 Å². The Morgan fingerprint density at radius 2 is 1.94 bits per heavy atom. The number of halogens is 2. The predicted octanol–water partition coefficient (Wildman–Crippen LogP) is 3.84. The molecule has 0 aromatic carbocycles. The molecular formula is C13H19F2NS. The molecule has 0 saturated heterocycles. The van der Waals surface area contributed by atoms with Gasteiger partial charge in [-0.25, -0.2) is 8.78 Å². The number of hydrogen-bond donors (Lipinski definition) is 1. The third-order valence-electron chi connectivity index (χ3n) is 4.00. The number of alkyl halides is 2. The van der Waals surface area contributed by atoms with Crippen LogP contribution in [0.1, 0.15) is 37.7 Å². The van der Waals surface area contributed by atoms with E-state index in [0.29, 0.717) is 19.4 Å².